The first kappa shape index (κ1) is 21.9. The van der Waals surface area contributed by atoms with Gasteiger partial charge >= 0.3 is 0 Å². The molecule has 11 heteroatoms. The summed E-state index contributed by atoms with van der Waals surface area (Å²) in [6.45, 7) is 1.80. The molecule has 2 amide bonds. The Bertz CT molecular complexity index is 1140. The first-order chi connectivity index (χ1) is 15.2. The lowest BCUT2D eigenvalue weighted by Crippen LogP contribution is -2.55. The van der Waals surface area contributed by atoms with Crippen LogP contribution in [0.4, 0.5) is 13.2 Å². The van der Waals surface area contributed by atoms with Gasteiger partial charge in [0.15, 0.2) is 17.7 Å². The molecule has 2 N–H and O–H groups in total. The van der Waals surface area contributed by atoms with Crippen molar-refractivity contribution < 1.29 is 32.6 Å². The van der Waals surface area contributed by atoms with Gasteiger partial charge in [0.2, 0.25) is 5.43 Å². The molecule has 4 rings (SSSR count). The van der Waals surface area contributed by atoms with Crippen LogP contribution in [0, 0.1) is 17.5 Å². The van der Waals surface area contributed by atoms with Gasteiger partial charge in [-0.1, -0.05) is 6.92 Å². The third kappa shape index (κ3) is 3.72. The van der Waals surface area contributed by atoms with Gasteiger partial charge in [-0.3, -0.25) is 14.4 Å². The fraction of sp³-hybridized carbons (Fsp3) is 0.381. The molecule has 0 saturated carbocycles. The number of nitrogens with one attached hydrogen (secondary N) is 1. The normalized spacial score (nSPS) is 20.0. The molecule has 32 heavy (non-hydrogen) atoms. The van der Waals surface area contributed by atoms with Crippen molar-refractivity contribution in [2.75, 3.05) is 6.54 Å². The fourth-order valence-electron chi connectivity index (χ4n) is 3.95. The van der Waals surface area contributed by atoms with Gasteiger partial charge in [-0.15, -0.1) is 0 Å². The van der Waals surface area contributed by atoms with Gasteiger partial charge < -0.3 is 24.6 Å². The molecule has 8 nitrogen and oxygen atoms in total. The Hall–Kier alpha value is -3.34. The van der Waals surface area contributed by atoms with Crippen molar-refractivity contribution >= 4 is 11.8 Å². The summed E-state index contributed by atoms with van der Waals surface area (Å²) >= 11 is 0. The van der Waals surface area contributed by atoms with Gasteiger partial charge in [0, 0.05) is 37.0 Å². The second-order valence-corrected chi connectivity index (χ2v) is 7.66. The highest BCUT2D eigenvalue weighted by atomic mass is 19.1. The number of amides is 2. The average molecular weight is 451 g/mol. The van der Waals surface area contributed by atoms with Gasteiger partial charge in [-0.2, -0.15) is 0 Å². The molecule has 1 aromatic carbocycles. The number of nitrogens with zero attached hydrogens (tertiary/aromatic N) is 2. The Balaban J connectivity index is 1.61. The maximum Gasteiger partial charge on any atom is 0.276 e. The van der Waals surface area contributed by atoms with E-state index in [0.29, 0.717) is 25.1 Å². The third-order valence-electron chi connectivity index (χ3n) is 5.69. The van der Waals surface area contributed by atoms with Crippen LogP contribution in [0.5, 0.6) is 5.75 Å². The molecule has 0 radical (unpaired) electrons. The average Bonchev–Trinajstić information content (AvgIpc) is 2.74. The summed E-state index contributed by atoms with van der Waals surface area (Å²) < 4.78 is 47.8. The quantitative estimate of drug-likeness (QED) is 0.740. The SMILES string of the molecule is CC[C@H]1CCN2C(=O)c3c(O)c(=O)c(C(=O)NCc4c(F)cc(F)cc4F)cn3C[C@H]2O1. The molecule has 0 aliphatic carbocycles. The maximum atomic E-state index is 13.8. The Kier molecular flexibility index (Phi) is 5.68. The standard InChI is InChI=1S/C21H20F3N3O5/c1-2-11-3-4-27-16(32-11)9-26-8-13(18(28)19(29)17(26)21(27)31)20(30)25-7-12-14(23)5-10(22)6-15(12)24/h5-6,8,11,16,29H,2-4,7,9H2,1H3,(H,25,30)/t11-,16+/m0/s1. The van der Waals surface area contributed by atoms with E-state index in [0.717, 1.165) is 12.6 Å². The lowest BCUT2D eigenvalue weighted by Gasteiger charge is -2.43. The number of halogens is 3. The number of hydrogen-bond donors (Lipinski definition) is 2. The minimum Gasteiger partial charge on any atom is -0.503 e. The lowest BCUT2D eigenvalue weighted by atomic mass is 10.1. The summed E-state index contributed by atoms with van der Waals surface area (Å²) in [6, 6.07) is 0.935. The van der Waals surface area contributed by atoms with Crippen molar-refractivity contribution in [3.05, 3.63) is 62.8 Å². The van der Waals surface area contributed by atoms with Crippen molar-refractivity contribution in [3.63, 3.8) is 0 Å². The first-order valence-corrected chi connectivity index (χ1v) is 10.1. The monoisotopic (exact) mass is 451 g/mol. The van der Waals surface area contributed by atoms with Crippen LogP contribution in [0.3, 0.4) is 0 Å². The maximum absolute atomic E-state index is 13.8. The number of benzene rings is 1. The van der Waals surface area contributed by atoms with E-state index in [1.165, 1.54) is 9.47 Å². The minimum absolute atomic E-state index is 0.0400. The highest BCUT2D eigenvalue weighted by Crippen LogP contribution is 2.29. The summed E-state index contributed by atoms with van der Waals surface area (Å²) in [5.74, 6) is -6.00. The smallest absolute Gasteiger partial charge is 0.276 e. The van der Waals surface area contributed by atoms with E-state index in [1.54, 1.807) is 0 Å². The molecule has 2 aliphatic rings. The molecule has 170 valence electrons. The molecule has 0 bridgehead atoms. The van der Waals surface area contributed by atoms with Gasteiger partial charge in [-0.25, -0.2) is 13.2 Å². The molecule has 0 spiro atoms. The van der Waals surface area contributed by atoms with Crippen molar-refractivity contribution in [1.29, 1.82) is 0 Å². The van der Waals surface area contributed by atoms with E-state index in [-0.39, 0.29) is 18.3 Å². The lowest BCUT2D eigenvalue weighted by molar-refractivity contribution is -0.134. The first-order valence-electron chi connectivity index (χ1n) is 10.1. The Morgan fingerprint density at radius 2 is 1.94 bits per heavy atom. The van der Waals surface area contributed by atoms with Gasteiger partial charge in [-0.05, 0) is 12.8 Å². The zero-order valence-electron chi connectivity index (χ0n) is 17.0. The van der Waals surface area contributed by atoms with Gasteiger partial charge in [0.1, 0.15) is 23.0 Å². The molecule has 2 aromatic rings. The van der Waals surface area contributed by atoms with Crippen LogP contribution in [0.25, 0.3) is 0 Å². The molecule has 2 atom stereocenters. The van der Waals surface area contributed by atoms with Crippen molar-refractivity contribution in [1.82, 2.24) is 14.8 Å². The van der Waals surface area contributed by atoms with Gasteiger partial charge in [0.25, 0.3) is 11.8 Å². The van der Waals surface area contributed by atoms with Crippen LogP contribution in [0.1, 0.15) is 46.2 Å². The van der Waals surface area contributed by atoms with Crippen LogP contribution < -0.4 is 10.7 Å². The number of hydrogen-bond acceptors (Lipinski definition) is 5. The number of rotatable bonds is 4. The molecule has 1 aromatic heterocycles. The molecular formula is C21H20F3N3O5. The molecule has 3 heterocycles. The fourth-order valence-corrected chi connectivity index (χ4v) is 3.95. The summed E-state index contributed by atoms with van der Waals surface area (Å²) in [7, 11) is 0. The zero-order chi connectivity index (χ0) is 23.2. The van der Waals surface area contributed by atoms with E-state index < -0.39 is 64.3 Å². The van der Waals surface area contributed by atoms with Crippen molar-refractivity contribution in [2.45, 2.75) is 45.2 Å². The number of aromatic nitrogens is 1. The number of fused-ring (bicyclic) bond motifs is 2. The highest BCUT2D eigenvalue weighted by Gasteiger charge is 2.40. The number of carbonyl (C=O) groups is 2. The molecule has 0 unspecified atom stereocenters. The summed E-state index contributed by atoms with van der Waals surface area (Å²) in [5, 5.41) is 12.6. The summed E-state index contributed by atoms with van der Waals surface area (Å²) in [4.78, 5) is 39.4. The second-order valence-electron chi connectivity index (χ2n) is 7.66. The molecular weight excluding hydrogens is 431 g/mol. The van der Waals surface area contributed by atoms with Crippen LogP contribution in [0.2, 0.25) is 0 Å². The van der Waals surface area contributed by atoms with Crippen LogP contribution >= 0.6 is 0 Å². The predicted octanol–water partition coefficient (Wildman–Crippen LogP) is 1.88. The third-order valence-corrected chi connectivity index (χ3v) is 5.69. The van der Waals surface area contributed by atoms with Gasteiger partial charge in [0.05, 0.1) is 12.6 Å². The largest absolute Gasteiger partial charge is 0.503 e. The second kappa shape index (κ2) is 8.30. The molecule has 2 aliphatic heterocycles. The number of pyridine rings is 1. The van der Waals surface area contributed by atoms with Crippen LogP contribution in [-0.2, 0) is 17.8 Å². The molecule has 1 saturated heterocycles. The van der Waals surface area contributed by atoms with Crippen LogP contribution in [0.15, 0.2) is 23.1 Å². The Labute approximate surface area is 180 Å². The predicted molar refractivity (Wildman–Crippen MR) is 104 cm³/mol. The van der Waals surface area contributed by atoms with E-state index in [1.807, 2.05) is 6.92 Å². The van der Waals surface area contributed by atoms with E-state index in [4.69, 9.17) is 4.74 Å². The number of aromatic hydroxyl groups is 1. The van der Waals surface area contributed by atoms with E-state index in [2.05, 4.69) is 5.32 Å². The Morgan fingerprint density at radius 3 is 2.59 bits per heavy atom. The number of ether oxygens (including phenoxy) is 1. The summed E-state index contributed by atoms with van der Waals surface area (Å²) in [6.07, 6.45) is 1.83. The van der Waals surface area contributed by atoms with E-state index >= 15 is 0 Å². The number of carbonyl (C=O) groups excluding carboxylic acids is 2. The Morgan fingerprint density at radius 1 is 1.25 bits per heavy atom. The van der Waals surface area contributed by atoms with Crippen LogP contribution in [-0.4, -0.2) is 45.3 Å². The highest BCUT2D eigenvalue weighted by molar-refractivity contribution is 5.99. The summed E-state index contributed by atoms with van der Waals surface area (Å²) in [5.41, 5.74) is -2.45. The molecule has 1 fully saturated rings. The topological polar surface area (TPSA) is 101 Å². The minimum atomic E-state index is -1.20. The van der Waals surface area contributed by atoms with Crippen molar-refractivity contribution in [3.8, 4) is 5.75 Å². The zero-order valence-corrected chi connectivity index (χ0v) is 17.0. The van der Waals surface area contributed by atoms with Crippen molar-refractivity contribution in [2.24, 2.45) is 0 Å². The van der Waals surface area contributed by atoms with E-state index in [9.17, 15) is 32.7 Å².